The highest BCUT2D eigenvalue weighted by Crippen LogP contribution is 2.25. The molecular formula is C13H18N2O4. The summed E-state index contributed by atoms with van der Waals surface area (Å²) in [7, 11) is 1.66. The van der Waals surface area contributed by atoms with Crippen LogP contribution in [0.1, 0.15) is 29.6 Å². The fourth-order valence-electron chi connectivity index (χ4n) is 1.69. The lowest BCUT2D eigenvalue weighted by atomic mass is 10.2. The van der Waals surface area contributed by atoms with E-state index in [1.165, 1.54) is 6.07 Å². The standard InChI is InChI=1S/C13H18N2O4/c1-19-8-4-2-3-7-14-12-6-5-11(10-16)9-13(12)15(17)18/h5-6,9-10,14H,2-4,7-8H2,1H3. The van der Waals surface area contributed by atoms with E-state index in [9.17, 15) is 14.9 Å². The number of anilines is 1. The fourth-order valence-corrected chi connectivity index (χ4v) is 1.69. The largest absolute Gasteiger partial charge is 0.385 e. The first-order valence-electron chi connectivity index (χ1n) is 6.15. The van der Waals surface area contributed by atoms with E-state index in [0.717, 1.165) is 25.9 Å². The van der Waals surface area contributed by atoms with E-state index >= 15 is 0 Å². The van der Waals surface area contributed by atoms with E-state index < -0.39 is 4.92 Å². The smallest absolute Gasteiger partial charge is 0.293 e. The Morgan fingerprint density at radius 3 is 2.79 bits per heavy atom. The molecule has 0 aliphatic rings. The third kappa shape index (κ3) is 5.05. The van der Waals surface area contributed by atoms with E-state index in [0.29, 0.717) is 24.1 Å². The lowest BCUT2D eigenvalue weighted by molar-refractivity contribution is -0.384. The van der Waals surface area contributed by atoms with Gasteiger partial charge in [-0.3, -0.25) is 14.9 Å². The van der Waals surface area contributed by atoms with Crippen LogP contribution in [-0.4, -0.2) is 31.5 Å². The van der Waals surface area contributed by atoms with Gasteiger partial charge >= 0.3 is 0 Å². The third-order valence-electron chi connectivity index (χ3n) is 2.70. The molecule has 19 heavy (non-hydrogen) atoms. The zero-order valence-electron chi connectivity index (χ0n) is 10.9. The van der Waals surface area contributed by atoms with E-state index in [1.807, 2.05) is 0 Å². The van der Waals surface area contributed by atoms with Crippen LogP contribution in [0.25, 0.3) is 0 Å². The van der Waals surface area contributed by atoms with Gasteiger partial charge in [-0.25, -0.2) is 0 Å². The molecule has 0 spiro atoms. The lowest BCUT2D eigenvalue weighted by Crippen LogP contribution is -2.05. The fraction of sp³-hybridized carbons (Fsp3) is 0.462. The van der Waals surface area contributed by atoms with Crippen molar-refractivity contribution in [3.05, 3.63) is 33.9 Å². The number of ether oxygens (including phenoxy) is 1. The van der Waals surface area contributed by atoms with Gasteiger partial charge in [0, 0.05) is 31.9 Å². The first-order valence-corrected chi connectivity index (χ1v) is 6.15. The van der Waals surface area contributed by atoms with Crippen molar-refractivity contribution in [2.24, 2.45) is 0 Å². The van der Waals surface area contributed by atoms with Crippen molar-refractivity contribution in [2.75, 3.05) is 25.6 Å². The summed E-state index contributed by atoms with van der Waals surface area (Å²) in [4.78, 5) is 21.0. The summed E-state index contributed by atoms with van der Waals surface area (Å²) >= 11 is 0. The maximum Gasteiger partial charge on any atom is 0.293 e. The second-order valence-electron chi connectivity index (χ2n) is 4.13. The molecule has 0 amide bonds. The lowest BCUT2D eigenvalue weighted by Gasteiger charge is -2.07. The maximum atomic E-state index is 10.9. The minimum Gasteiger partial charge on any atom is -0.385 e. The molecule has 1 aromatic carbocycles. The normalized spacial score (nSPS) is 10.2. The van der Waals surface area contributed by atoms with Gasteiger partial charge in [0.1, 0.15) is 12.0 Å². The second kappa shape index (κ2) is 8.20. The molecule has 0 fully saturated rings. The SMILES string of the molecule is COCCCCCNc1ccc(C=O)cc1[N+](=O)[O-]. The number of carbonyl (C=O) groups is 1. The quantitative estimate of drug-likeness (QED) is 0.321. The van der Waals surface area contributed by atoms with Gasteiger partial charge in [-0.2, -0.15) is 0 Å². The maximum absolute atomic E-state index is 10.9. The minimum atomic E-state index is -0.486. The first kappa shape index (κ1) is 15.1. The number of hydrogen-bond donors (Lipinski definition) is 1. The summed E-state index contributed by atoms with van der Waals surface area (Å²) in [6.45, 7) is 1.39. The predicted molar refractivity (Wildman–Crippen MR) is 72.7 cm³/mol. The van der Waals surface area contributed by atoms with E-state index in [1.54, 1.807) is 19.2 Å². The van der Waals surface area contributed by atoms with Crippen LogP contribution in [0.2, 0.25) is 0 Å². The molecule has 1 N–H and O–H groups in total. The van der Waals surface area contributed by atoms with Crippen molar-refractivity contribution in [1.29, 1.82) is 0 Å². The topological polar surface area (TPSA) is 81.5 Å². The van der Waals surface area contributed by atoms with Crippen LogP contribution in [0.3, 0.4) is 0 Å². The Labute approximate surface area is 111 Å². The monoisotopic (exact) mass is 266 g/mol. The van der Waals surface area contributed by atoms with Crippen molar-refractivity contribution in [3.8, 4) is 0 Å². The van der Waals surface area contributed by atoms with Gasteiger partial charge in [-0.05, 0) is 31.4 Å². The Hall–Kier alpha value is -1.95. The Morgan fingerprint density at radius 2 is 2.16 bits per heavy atom. The number of nitro benzene ring substituents is 1. The number of aldehydes is 1. The number of nitrogens with one attached hydrogen (secondary N) is 1. The van der Waals surface area contributed by atoms with Crippen LogP contribution in [-0.2, 0) is 4.74 Å². The summed E-state index contributed by atoms with van der Waals surface area (Å²) in [6, 6.07) is 4.41. The van der Waals surface area contributed by atoms with Gasteiger partial charge in [0.25, 0.3) is 5.69 Å². The van der Waals surface area contributed by atoms with Crippen LogP contribution >= 0.6 is 0 Å². The zero-order valence-corrected chi connectivity index (χ0v) is 10.9. The molecule has 1 aromatic rings. The zero-order chi connectivity index (χ0) is 14.1. The van der Waals surface area contributed by atoms with Gasteiger partial charge in [0.15, 0.2) is 0 Å². The summed E-state index contributed by atoms with van der Waals surface area (Å²) in [6.07, 6.45) is 3.49. The van der Waals surface area contributed by atoms with Crippen LogP contribution in [0.5, 0.6) is 0 Å². The van der Waals surface area contributed by atoms with E-state index in [2.05, 4.69) is 5.32 Å². The number of nitrogens with zero attached hydrogens (tertiary/aromatic N) is 1. The van der Waals surface area contributed by atoms with Crippen molar-refractivity contribution >= 4 is 17.7 Å². The van der Waals surface area contributed by atoms with Crippen molar-refractivity contribution in [3.63, 3.8) is 0 Å². The van der Waals surface area contributed by atoms with Gasteiger partial charge in [0.2, 0.25) is 0 Å². The third-order valence-corrected chi connectivity index (χ3v) is 2.70. The molecule has 0 aliphatic carbocycles. The van der Waals surface area contributed by atoms with Crippen LogP contribution in [0, 0.1) is 10.1 Å². The summed E-state index contributed by atoms with van der Waals surface area (Å²) in [5.41, 5.74) is 0.682. The molecule has 0 bridgehead atoms. The number of unbranched alkanes of at least 4 members (excludes halogenated alkanes) is 2. The highest BCUT2D eigenvalue weighted by atomic mass is 16.6. The van der Waals surface area contributed by atoms with Crippen molar-refractivity contribution in [2.45, 2.75) is 19.3 Å². The summed E-state index contributed by atoms with van der Waals surface area (Å²) in [5, 5.41) is 13.9. The Kier molecular flexibility index (Phi) is 6.52. The highest BCUT2D eigenvalue weighted by molar-refractivity contribution is 5.79. The number of benzene rings is 1. The number of methoxy groups -OCH3 is 1. The van der Waals surface area contributed by atoms with E-state index in [4.69, 9.17) is 4.74 Å². The van der Waals surface area contributed by atoms with Crippen LogP contribution < -0.4 is 5.32 Å². The average Bonchev–Trinajstić information content (AvgIpc) is 2.42. The van der Waals surface area contributed by atoms with Crippen LogP contribution in [0.4, 0.5) is 11.4 Å². The number of rotatable bonds is 9. The molecule has 1 rings (SSSR count). The van der Waals surface area contributed by atoms with Gasteiger partial charge in [-0.1, -0.05) is 0 Å². The molecule has 0 unspecified atom stereocenters. The molecule has 0 saturated carbocycles. The first-order chi connectivity index (χ1) is 9.19. The Balaban J connectivity index is 2.53. The molecule has 6 heteroatoms. The Morgan fingerprint density at radius 1 is 1.37 bits per heavy atom. The highest BCUT2D eigenvalue weighted by Gasteiger charge is 2.13. The predicted octanol–water partition coefficient (Wildman–Crippen LogP) is 2.64. The second-order valence-corrected chi connectivity index (χ2v) is 4.13. The van der Waals surface area contributed by atoms with Gasteiger partial charge < -0.3 is 10.1 Å². The molecule has 0 aliphatic heterocycles. The molecule has 104 valence electrons. The minimum absolute atomic E-state index is 0.0681. The van der Waals surface area contributed by atoms with Gasteiger partial charge in [-0.15, -0.1) is 0 Å². The van der Waals surface area contributed by atoms with E-state index in [-0.39, 0.29) is 5.69 Å². The number of carbonyl (C=O) groups excluding carboxylic acids is 1. The molecular weight excluding hydrogens is 248 g/mol. The van der Waals surface area contributed by atoms with Crippen LogP contribution in [0.15, 0.2) is 18.2 Å². The number of nitro groups is 1. The molecule has 0 saturated heterocycles. The van der Waals surface area contributed by atoms with Gasteiger partial charge in [0.05, 0.1) is 4.92 Å². The molecule has 6 nitrogen and oxygen atoms in total. The summed E-state index contributed by atoms with van der Waals surface area (Å²) in [5.74, 6) is 0. The molecule has 0 radical (unpaired) electrons. The molecule has 0 atom stereocenters. The van der Waals surface area contributed by atoms with Crippen molar-refractivity contribution < 1.29 is 14.5 Å². The molecule has 0 heterocycles. The summed E-state index contributed by atoms with van der Waals surface area (Å²) < 4.78 is 4.94. The average molecular weight is 266 g/mol. The Bertz CT molecular complexity index is 435. The molecule has 0 aromatic heterocycles. The van der Waals surface area contributed by atoms with Crippen molar-refractivity contribution in [1.82, 2.24) is 0 Å². The number of hydrogen-bond acceptors (Lipinski definition) is 5.